The Bertz CT molecular complexity index is 400. The summed E-state index contributed by atoms with van der Waals surface area (Å²) in [6.45, 7) is 7.76. The second-order valence-corrected chi connectivity index (χ2v) is 5.29. The molecule has 0 aliphatic heterocycles. The van der Waals surface area contributed by atoms with E-state index in [2.05, 4.69) is 19.2 Å². The molecule has 1 N–H and O–H groups in total. The fourth-order valence-electron chi connectivity index (χ4n) is 2.34. The molecule has 2 unspecified atom stereocenters. The molecule has 2 atom stereocenters. The highest BCUT2D eigenvalue weighted by Gasteiger charge is 2.21. The van der Waals surface area contributed by atoms with Crippen LogP contribution in [0.4, 0.5) is 4.39 Å². The summed E-state index contributed by atoms with van der Waals surface area (Å²) in [7, 11) is 0. The van der Waals surface area contributed by atoms with E-state index in [1.165, 1.54) is 0 Å². The third kappa shape index (κ3) is 5.04. The van der Waals surface area contributed by atoms with Crippen LogP contribution in [0.15, 0.2) is 18.2 Å². The molecule has 0 aliphatic carbocycles. The van der Waals surface area contributed by atoms with Crippen molar-refractivity contribution < 1.29 is 9.13 Å². The molecule has 0 heterocycles. The Hall–Kier alpha value is -0.640. The summed E-state index contributed by atoms with van der Waals surface area (Å²) in [5.74, 6) is -0.316. The van der Waals surface area contributed by atoms with Gasteiger partial charge in [-0.15, -0.1) is 0 Å². The van der Waals surface area contributed by atoms with E-state index in [1.807, 2.05) is 6.92 Å². The van der Waals surface area contributed by atoms with Gasteiger partial charge in [-0.1, -0.05) is 37.6 Å². The lowest BCUT2D eigenvalue weighted by Crippen LogP contribution is -2.43. The van der Waals surface area contributed by atoms with Crippen LogP contribution in [0.5, 0.6) is 0 Å². The van der Waals surface area contributed by atoms with Gasteiger partial charge in [0.25, 0.3) is 0 Å². The van der Waals surface area contributed by atoms with Crippen molar-refractivity contribution in [1.29, 1.82) is 0 Å². The maximum absolute atomic E-state index is 14.0. The normalized spacial score (nSPS) is 14.2. The van der Waals surface area contributed by atoms with Gasteiger partial charge in [0.15, 0.2) is 0 Å². The van der Waals surface area contributed by atoms with Crippen molar-refractivity contribution in [2.75, 3.05) is 13.2 Å². The molecular weight excluding hydrogens is 277 g/mol. The van der Waals surface area contributed by atoms with Crippen molar-refractivity contribution in [2.45, 2.75) is 52.2 Å². The number of hydrogen-bond donors (Lipinski definition) is 1. The molecule has 0 saturated carbocycles. The minimum Gasteiger partial charge on any atom is -0.377 e. The van der Waals surface area contributed by atoms with E-state index in [4.69, 9.17) is 16.3 Å². The summed E-state index contributed by atoms with van der Waals surface area (Å²) in [5, 5.41) is 3.65. The summed E-state index contributed by atoms with van der Waals surface area (Å²) < 4.78 is 19.8. The Balaban J connectivity index is 2.84. The second kappa shape index (κ2) is 9.32. The maximum atomic E-state index is 14.0. The van der Waals surface area contributed by atoms with E-state index in [9.17, 15) is 4.39 Å². The van der Waals surface area contributed by atoms with Gasteiger partial charge in [0.05, 0.1) is 11.1 Å². The zero-order chi connectivity index (χ0) is 15.0. The third-order valence-electron chi connectivity index (χ3n) is 3.36. The lowest BCUT2D eigenvalue weighted by Gasteiger charge is -2.27. The largest absolute Gasteiger partial charge is 0.377 e. The molecule has 1 aromatic carbocycles. The standard InChI is InChI=1S/C16H25ClFNO/c1-4-10-19-14(15(5-2)20-6-3)11-12-8-7-9-13(17)16(12)18/h7-9,14-15,19H,4-6,10-11H2,1-3H3. The van der Waals surface area contributed by atoms with Crippen LogP contribution in [0, 0.1) is 5.82 Å². The number of hydrogen-bond acceptors (Lipinski definition) is 2. The first kappa shape index (κ1) is 17.4. The highest BCUT2D eigenvalue weighted by atomic mass is 35.5. The minimum absolute atomic E-state index is 0.0879. The van der Waals surface area contributed by atoms with E-state index >= 15 is 0 Å². The monoisotopic (exact) mass is 301 g/mol. The first-order valence-electron chi connectivity index (χ1n) is 7.41. The Morgan fingerprint density at radius 1 is 1.30 bits per heavy atom. The molecule has 4 heteroatoms. The fourth-order valence-corrected chi connectivity index (χ4v) is 2.53. The van der Waals surface area contributed by atoms with Crippen molar-refractivity contribution in [3.63, 3.8) is 0 Å². The molecule has 114 valence electrons. The molecule has 1 rings (SSSR count). The second-order valence-electron chi connectivity index (χ2n) is 4.88. The van der Waals surface area contributed by atoms with Crippen LogP contribution in [0.3, 0.4) is 0 Å². The zero-order valence-electron chi connectivity index (χ0n) is 12.6. The predicted octanol–water partition coefficient (Wildman–Crippen LogP) is 4.20. The van der Waals surface area contributed by atoms with E-state index < -0.39 is 0 Å². The molecular formula is C16H25ClFNO. The Labute approximate surface area is 126 Å². The molecule has 0 amide bonds. The number of ether oxygens (including phenoxy) is 1. The van der Waals surface area contributed by atoms with Gasteiger partial charge in [0.1, 0.15) is 5.82 Å². The van der Waals surface area contributed by atoms with Crippen molar-refractivity contribution >= 4 is 11.6 Å². The first-order valence-corrected chi connectivity index (χ1v) is 7.79. The van der Waals surface area contributed by atoms with Crippen molar-refractivity contribution in [2.24, 2.45) is 0 Å². The maximum Gasteiger partial charge on any atom is 0.145 e. The van der Waals surface area contributed by atoms with Crippen molar-refractivity contribution in [3.05, 3.63) is 34.6 Å². The lowest BCUT2D eigenvalue weighted by molar-refractivity contribution is 0.0318. The molecule has 0 radical (unpaired) electrons. The van der Waals surface area contributed by atoms with Crippen LogP contribution in [0.2, 0.25) is 5.02 Å². The van der Waals surface area contributed by atoms with Crippen LogP contribution in [0.25, 0.3) is 0 Å². The summed E-state index contributed by atoms with van der Waals surface area (Å²) in [4.78, 5) is 0. The summed E-state index contributed by atoms with van der Waals surface area (Å²) >= 11 is 5.85. The number of nitrogens with one attached hydrogen (secondary N) is 1. The van der Waals surface area contributed by atoms with Crippen molar-refractivity contribution in [3.8, 4) is 0 Å². The number of rotatable bonds is 9. The topological polar surface area (TPSA) is 21.3 Å². The van der Waals surface area contributed by atoms with Gasteiger partial charge in [-0.05, 0) is 44.4 Å². The molecule has 0 spiro atoms. The number of benzene rings is 1. The van der Waals surface area contributed by atoms with Crippen LogP contribution in [-0.4, -0.2) is 25.3 Å². The highest BCUT2D eigenvalue weighted by molar-refractivity contribution is 6.30. The molecule has 0 fully saturated rings. The SMILES string of the molecule is CCCNC(Cc1cccc(Cl)c1F)C(CC)OCC. The quantitative estimate of drug-likeness (QED) is 0.738. The van der Waals surface area contributed by atoms with E-state index in [1.54, 1.807) is 18.2 Å². The highest BCUT2D eigenvalue weighted by Crippen LogP contribution is 2.20. The fraction of sp³-hybridized carbons (Fsp3) is 0.625. The van der Waals surface area contributed by atoms with E-state index in [-0.39, 0.29) is 23.0 Å². The third-order valence-corrected chi connectivity index (χ3v) is 3.65. The van der Waals surface area contributed by atoms with Crippen LogP contribution >= 0.6 is 11.6 Å². The molecule has 0 aliphatic rings. The Morgan fingerprint density at radius 2 is 2.05 bits per heavy atom. The predicted molar refractivity (Wildman–Crippen MR) is 82.9 cm³/mol. The van der Waals surface area contributed by atoms with Crippen LogP contribution < -0.4 is 5.32 Å². The average molecular weight is 302 g/mol. The van der Waals surface area contributed by atoms with Gasteiger partial charge in [0, 0.05) is 12.6 Å². The van der Waals surface area contributed by atoms with E-state index in [0.717, 1.165) is 19.4 Å². The Morgan fingerprint density at radius 3 is 2.65 bits per heavy atom. The summed E-state index contributed by atoms with van der Waals surface area (Å²) in [6, 6.07) is 5.27. The average Bonchev–Trinajstić information content (AvgIpc) is 2.45. The molecule has 20 heavy (non-hydrogen) atoms. The summed E-state index contributed by atoms with van der Waals surface area (Å²) in [6.07, 6.45) is 2.62. The van der Waals surface area contributed by atoms with Gasteiger partial charge in [-0.25, -0.2) is 4.39 Å². The zero-order valence-corrected chi connectivity index (χ0v) is 13.3. The van der Waals surface area contributed by atoms with E-state index in [0.29, 0.717) is 18.6 Å². The van der Waals surface area contributed by atoms with Gasteiger partial charge >= 0.3 is 0 Å². The van der Waals surface area contributed by atoms with Gasteiger partial charge < -0.3 is 10.1 Å². The molecule has 1 aromatic rings. The van der Waals surface area contributed by atoms with Crippen molar-refractivity contribution in [1.82, 2.24) is 5.32 Å². The number of halogens is 2. The van der Waals surface area contributed by atoms with Gasteiger partial charge in [-0.2, -0.15) is 0 Å². The smallest absolute Gasteiger partial charge is 0.145 e. The molecule has 0 saturated heterocycles. The minimum atomic E-state index is -0.316. The summed E-state index contributed by atoms with van der Waals surface area (Å²) in [5.41, 5.74) is 0.643. The van der Waals surface area contributed by atoms with Gasteiger partial charge in [0.2, 0.25) is 0 Å². The molecule has 2 nitrogen and oxygen atoms in total. The molecule has 0 aromatic heterocycles. The Kier molecular flexibility index (Phi) is 8.12. The lowest BCUT2D eigenvalue weighted by atomic mass is 9.99. The van der Waals surface area contributed by atoms with Crippen LogP contribution in [0.1, 0.15) is 39.2 Å². The molecule has 0 bridgehead atoms. The van der Waals surface area contributed by atoms with Crippen LogP contribution in [-0.2, 0) is 11.2 Å². The van der Waals surface area contributed by atoms with Gasteiger partial charge in [-0.3, -0.25) is 0 Å². The first-order chi connectivity index (χ1) is 9.63.